The molecule has 2 N–H and O–H groups in total. The van der Waals surface area contributed by atoms with Gasteiger partial charge in [-0.05, 0) is 79.2 Å². The molecule has 3 aromatic rings. The van der Waals surface area contributed by atoms with Crippen molar-refractivity contribution in [3.05, 3.63) is 82.7 Å². The topological polar surface area (TPSA) is 244 Å². The monoisotopic (exact) mass is 911 g/mol. The van der Waals surface area contributed by atoms with Gasteiger partial charge in [-0.3, -0.25) is 28.4 Å². The SMILES string of the molecule is CCOP(=O)(OCC)C(Nc1ccc(OCc2ccccc2)cn1)P(=O)(OCC)OCC.CCOP(=O)(OCC)C(Nc1ccc([N+](=O)[O-])cn1)P(=O)(OCC)OCC. The Balaban J connectivity index is 0.000000413. The number of benzene rings is 1. The highest BCUT2D eigenvalue weighted by atomic mass is 31.2. The molecule has 20 nitrogen and oxygen atoms in total. The van der Waals surface area contributed by atoms with Gasteiger partial charge in [-0.15, -0.1) is 0 Å². The van der Waals surface area contributed by atoms with Crippen LogP contribution >= 0.6 is 30.4 Å². The molecule has 0 bridgehead atoms. The lowest BCUT2D eigenvalue weighted by atomic mass is 10.2. The maximum Gasteiger partial charge on any atom is 0.365 e. The highest BCUT2D eigenvalue weighted by Gasteiger charge is 2.52. The molecule has 0 aliphatic carbocycles. The highest BCUT2D eigenvalue weighted by molar-refractivity contribution is 7.73. The van der Waals surface area contributed by atoms with Crippen molar-refractivity contribution in [1.29, 1.82) is 0 Å². The second-order valence-electron chi connectivity index (χ2n) is 11.3. The summed E-state index contributed by atoms with van der Waals surface area (Å²) < 4.78 is 102. The minimum atomic E-state index is -4.00. The lowest BCUT2D eigenvalue weighted by Gasteiger charge is -2.31. The molecule has 0 spiro atoms. The van der Waals surface area contributed by atoms with Crippen LogP contribution in [0.15, 0.2) is 67.0 Å². The number of pyridine rings is 2. The standard InChI is InChI=1S/C21H32N2O7P2.C14H25N3O8P2/c1-5-27-31(24,28-6-2)21(32(25,29-7-3)30-8-4)23-20-15-14-19(16-22-20)26-17-18-12-10-9-11-13-18;1-5-22-26(20,23-6-2)14(27(21,24-7-3)25-8-4)16-13-10-9-12(11-15-13)17(18)19/h9-16,21H,5-8,17H2,1-4H3,(H,22,23);9-11,14H,5-8H2,1-4H3,(H,15,16). The molecule has 24 heteroatoms. The summed E-state index contributed by atoms with van der Waals surface area (Å²) in [5.41, 5.74) is -2.09. The van der Waals surface area contributed by atoms with E-state index in [1.807, 2.05) is 30.3 Å². The lowest BCUT2D eigenvalue weighted by Crippen LogP contribution is -2.26. The van der Waals surface area contributed by atoms with Crippen LogP contribution in [0.1, 0.15) is 61.0 Å². The summed E-state index contributed by atoms with van der Waals surface area (Å²) in [4.78, 5) is 18.4. The molecular weight excluding hydrogens is 854 g/mol. The first kappa shape index (κ1) is 52.1. The molecule has 2 aromatic heterocycles. The van der Waals surface area contributed by atoms with Gasteiger partial charge in [0.25, 0.3) is 5.69 Å². The summed E-state index contributed by atoms with van der Waals surface area (Å²) in [6.45, 7) is 14.0. The van der Waals surface area contributed by atoms with Crippen LogP contribution in [-0.4, -0.2) is 78.8 Å². The fraction of sp³-hybridized carbons (Fsp3) is 0.543. The molecule has 0 unspecified atom stereocenters. The van der Waals surface area contributed by atoms with E-state index in [1.165, 1.54) is 18.3 Å². The molecule has 0 amide bonds. The van der Waals surface area contributed by atoms with E-state index < -0.39 is 46.4 Å². The third-order valence-electron chi connectivity index (χ3n) is 7.17. The van der Waals surface area contributed by atoms with Crippen LogP contribution in [0.25, 0.3) is 0 Å². The molecule has 0 atom stereocenters. The number of hydrogen-bond acceptors (Lipinski definition) is 19. The third-order valence-corrected chi connectivity index (χ3v) is 18.4. The Bertz CT molecular complexity index is 1760. The average molecular weight is 912 g/mol. The molecule has 1 aromatic carbocycles. The van der Waals surface area contributed by atoms with Gasteiger partial charge in [0.2, 0.25) is 11.0 Å². The van der Waals surface area contributed by atoms with Crippen LogP contribution in [0.5, 0.6) is 5.75 Å². The van der Waals surface area contributed by atoms with Crippen molar-refractivity contribution in [2.45, 2.75) is 73.0 Å². The van der Waals surface area contributed by atoms with Gasteiger partial charge in [-0.2, -0.15) is 0 Å². The largest absolute Gasteiger partial charge is 0.487 e. The van der Waals surface area contributed by atoms with Crippen LogP contribution in [0, 0.1) is 10.1 Å². The highest BCUT2D eigenvalue weighted by Crippen LogP contribution is 2.71. The molecule has 0 saturated carbocycles. The number of aromatic nitrogens is 2. The molecular formula is C35H57N5O15P4. The van der Waals surface area contributed by atoms with Gasteiger partial charge >= 0.3 is 30.4 Å². The second kappa shape index (κ2) is 26.3. The van der Waals surface area contributed by atoms with Crippen LogP contribution in [-0.2, 0) is 61.1 Å². The fourth-order valence-corrected chi connectivity index (χ4v) is 14.8. The Morgan fingerprint density at radius 3 is 1.19 bits per heavy atom. The van der Waals surface area contributed by atoms with Crippen LogP contribution in [0.4, 0.5) is 17.3 Å². The van der Waals surface area contributed by atoms with E-state index in [0.29, 0.717) is 18.2 Å². The molecule has 0 radical (unpaired) electrons. The Kier molecular flexibility index (Phi) is 23.2. The minimum Gasteiger partial charge on any atom is -0.487 e. The summed E-state index contributed by atoms with van der Waals surface area (Å²) >= 11 is 0. The summed E-state index contributed by atoms with van der Waals surface area (Å²) in [7, 11) is -15.9. The summed E-state index contributed by atoms with van der Waals surface area (Å²) in [5.74, 6) is 0.915. The van der Waals surface area contributed by atoms with Crippen molar-refractivity contribution >= 4 is 47.7 Å². The van der Waals surface area contributed by atoms with E-state index in [1.54, 1.807) is 67.5 Å². The Hall–Kier alpha value is -3.08. The Morgan fingerprint density at radius 1 is 0.542 bits per heavy atom. The van der Waals surface area contributed by atoms with E-state index in [0.717, 1.165) is 11.8 Å². The molecule has 59 heavy (non-hydrogen) atoms. The zero-order valence-corrected chi connectivity index (χ0v) is 38.2. The van der Waals surface area contributed by atoms with Crippen molar-refractivity contribution < 1.29 is 64.1 Å². The molecule has 3 rings (SSSR count). The van der Waals surface area contributed by atoms with Gasteiger partial charge in [0.1, 0.15) is 30.2 Å². The number of nitro groups is 1. The van der Waals surface area contributed by atoms with E-state index >= 15 is 0 Å². The quantitative estimate of drug-likeness (QED) is 0.0391. The van der Waals surface area contributed by atoms with Gasteiger partial charge in [0, 0.05) is 6.07 Å². The predicted octanol–water partition coefficient (Wildman–Crippen LogP) is 10.1. The molecule has 0 aliphatic rings. The number of hydrogen-bond donors (Lipinski definition) is 2. The van der Waals surface area contributed by atoms with Gasteiger partial charge in [-0.25, -0.2) is 9.97 Å². The van der Waals surface area contributed by atoms with Gasteiger partial charge < -0.3 is 51.6 Å². The summed E-state index contributed by atoms with van der Waals surface area (Å²) in [5, 5.41) is 16.4. The zero-order valence-electron chi connectivity index (χ0n) is 34.6. The molecule has 332 valence electrons. The predicted molar refractivity (Wildman–Crippen MR) is 224 cm³/mol. The Morgan fingerprint density at radius 2 is 0.898 bits per heavy atom. The first-order valence-corrected chi connectivity index (χ1v) is 25.4. The van der Waals surface area contributed by atoms with Crippen LogP contribution in [0.3, 0.4) is 0 Å². The first-order valence-electron chi connectivity index (χ1n) is 19.0. The van der Waals surface area contributed by atoms with Crippen LogP contribution < -0.4 is 15.4 Å². The number of rotatable bonds is 28. The van der Waals surface area contributed by atoms with Crippen LogP contribution in [0.2, 0.25) is 0 Å². The van der Waals surface area contributed by atoms with Crippen molar-refractivity contribution in [1.82, 2.24) is 9.97 Å². The number of nitrogens with zero attached hydrogens (tertiary/aromatic N) is 3. The fourth-order valence-electron chi connectivity index (χ4n) is 4.95. The first-order chi connectivity index (χ1) is 28.2. The lowest BCUT2D eigenvalue weighted by molar-refractivity contribution is -0.385. The summed E-state index contributed by atoms with van der Waals surface area (Å²) in [6.07, 6.45) is 2.53. The Labute approximate surface area is 346 Å². The van der Waals surface area contributed by atoms with Crippen molar-refractivity contribution in [3.8, 4) is 5.75 Å². The zero-order chi connectivity index (χ0) is 44.0. The minimum absolute atomic E-state index is 0.0292. The normalized spacial score (nSPS) is 12.2. The van der Waals surface area contributed by atoms with E-state index in [-0.39, 0.29) is 64.4 Å². The maximum absolute atomic E-state index is 13.5. The smallest absolute Gasteiger partial charge is 0.365 e. The molecule has 0 fully saturated rings. The average Bonchev–Trinajstić information content (AvgIpc) is 3.20. The summed E-state index contributed by atoms with van der Waals surface area (Å²) in [6, 6.07) is 15.6. The van der Waals surface area contributed by atoms with E-state index in [9.17, 15) is 28.4 Å². The maximum atomic E-state index is 13.5. The molecule has 2 heterocycles. The van der Waals surface area contributed by atoms with Gasteiger partial charge in [0.05, 0.1) is 64.0 Å². The molecule has 0 aliphatic heterocycles. The number of anilines is 2. The van der Waals surface area contributed by atoms with Gasteiger partial charge in [0.15, 0.2) is 0 Å². The van der Waals surface area contributed by atoms with E-state index in [4.69, 9.17) is 40.9 Å². The van der Waals surface area contributed by atoms with Crippen molar-refractivity contribution in [2.24, 2.45) is 0 Å². The van der Waals surface area contributed by atoms with E-state index in [2.05, 4.69) is 20.6 Å². The number of nitrogens with one attached hydrogen (secondary N) is 2. The number of ether oxygens (including phenoxy) is 1. The van der Waals surface area contributed by atoms with Gasteiger partial charge in [-0.1, -0.05) is 30.3 Å². The second-order valence-corrected chi connectivity index (χ2v) is 20.6. The van der Waals surface area contributed by atoms with Crippen molar-refractivity contribution in [3.63, 3.8) is 0 Å². The third kappa shape index (κ3) is 16.0. The molecule has 0 saturated heterocycles. The van der Waals surface area contributed by atoms with Crippen molar-refractivity contribution in [2.75, 3.05) is 63.5 Å².